The molecule has 0 unspecified atom stereocenters. The number of aryl methyl sites for hydroxylation is 2. The SMILES string of the molecule is Cc1csc(CN2CCC(c3nnc4n3CCCCC4)CC2)n1. The van der Waals surface area contributed by atoms with Crippen LogP contribution in [0.15, 0.2) is 5.38 Å². The van der Waals surface area contributed by atoms with E-state index in [0.717, 1.165) is 38.3 Å². The highest BCUT2D eigenvalue weighted by Crippen LogP contribution is 2.29. The third-order valence-corrected chi connectivity index (χ3v) is 6.07. The predicted octanol–water partition coefficient (Wildman–Crippen LogP) is 3.15. The molecule has 0 radical (unpaired) electrons. The summed E-state index contributed by atoms with van der Waals surface area (Å²) in [6.45, 7) is 6.49. The molecular formula is C17H25N5S. The van der Waals surface area contributed by atoms with Crippen molar-refractivity contribution in [3.8, 4) is 0 Å². The molecular weight excluding hydrogens is 306 g/mol. The van der Waals surface area contributed by atoms with Crippen LogP contribution in [0, 0.1) is 6.92 Å². The van der Waals surface area contributed by atoms with Gasteiger partial charge in [-0.15, -0.1) is 21.5 Å². The van der Waals surface area contributed by atoms with Gasteiger partial charge < -0.3 is 4.57 Å². The third-order valence-electron chi connectivity index (χ3n) is 5.12. The maximum absolute atomic E-state index is 4.59. The Morgan fingerprint density at radius 1 is 1.13 bits per heavy atom. The van der Waals surface area contributed by atoms with Gasteiger partial charge in [0.15, 0.2) is 0 Å². The van der Waals surface area contributed by atoms with Gasteiger partial charge in [0.1, 0.15) is 16.7 Å². The van der Waals surface area contributed by atoms with Gasteiger partial charge in [-0.25, -0.2) is 4.98 Å². The summed E-state index contributed by atoms with van der Waals surface area (Å²) in [4.78, 5) is 7.13. The second kappa shape index (κ2) is 6.69. The Labute approximate surface area is 141 Å². The van der Waals surface area contributed by atoms with Gasteiger partial charge in [-0.2, -0.15) is 0 Å². The Bertz CT molecular complexity index is 654. The average molecular weight is 331 g/mol. The van der Waals surface area contributed by atoms with E-state index in [1.807, 2.05) is 0 Å². The van der Waals surface area contributed by atoms with E-state index in [2.05, 4.69) is 37.0 Å². The summed E-state index contributed by atoms with van der Waals surface area (Å²) < 4.78 is 2.43. The van der Waals surface area contributed by atoms with Gasteiger partial charge in [-0.1, -0.05) is 6.42 Å². The van der Waals surface area contributed by atoms with Crippen LogP contribution < -0.4 is 0 Å². The fourth-order valence-corrected chi connectivity index (χ4v) is 4.64. The number of thiazole rings is 1. The van der Waals surface area contributed by atoms with Crippen LogP contribution in [0.25, 0.3) is 0 Å². The van der Waals surface area contributed by atoms with Crippen LogP contribution in [0.1, 0.15) is 60.4 Å². The van der Waals surface area contributed by atoms with Crippen molar-refractivity contribution in [2.75, 3.05) is 13.1 Å². The quantitative estimate of drug-likeness (QED) is 0.867. The van der Waals surface area contributed by atoms with Gasteiger partial charge in [0.2, 0.25) is 0 Å². The summed E-state index contributed by atoms with van der Waals surface area (Å²) in [5, 5.41) is 12.4. The molecule has 124 valence electrons. The van der Waals surface area contributed by atoms with E-state index in [1.165, 1.54) is 48.8 Å². The number of rotatable bonds is 3. The van der Waals surface area contributed by atoms with Crippen molar-refractivity contribution in [1.82, 2.24) is 24.6 Å². The Balaban J connectivity index is 1.39. The number of likely N-dealkylation sites (tertiary alicyclic amines) is 1. The van der Waals surface area contributed by atoms with Crippen molar-refractivity contribution >= 4 is 11.3 Å². The van der Waals surface area contributed by atoms with E-state index in [-0.39, 0.29) is 0 Å². The predicted molar refractivity (Wildman–Crippen MR) is 91.7 cm³/mol. The van der Waals surface area contributed by atoms with Crippen LogP contribution in [-0.4, -0.2) is 37.7 Å². The molecule has 0 bridgehead atoms. The molecule has 0 aliphatic carbocycles. The minimum atomic E-state index is 0.587. The fraction of sp³-hybridized carbons (Fsp3) is 0.706. The average Bonchev–Trinajstić information content (AvgIpc) is 3.07. The van der Waals surface area contributed by atoms with Crippen molar-refractivity contribution < 1.29 is 0 Å². The summed E-state index contributed by atoms with van der Waals surface area (Å²) in [5.41, 5.74) is 1.14. The van der Waals surface area contributed by atoms with Crippen LogP contribution in [-0.2, 0) is 19.5 Å². The lowest BCUT2D eigenvalue weighted by Crippen LogP contribution is -2.33. The number of fused-ring (bicyclic) bond motifs is 1. The van der Waals surface area contributed by atoms with Crippen molar-refractivity contribution in [1.29, 1.82) is 0 Å². The molecule has 2 aliphatic heterocycles. The van der Waals surface area contributed by atoms with E-state index in [0.29, 0.717) is 5.92 Å². The highest BCUT2D eigenvalue weighted by atomic mass is 32.1. The zero-order valence-corrected chi connectivity index (χ0v) is 14.7. The van der Waals surface area contributed by atoms with Crippen LogP contribution >= 0.6 is 11.3 Å². The van der Waals surface area contributed by atoms with Crippen LogP contribution in [0.3, 0.4) is 0 Å². The zero-order chi connectivity index (χ0) is 15.6. The lowest BCUT2D eigenvalue weighted by Gasteiger charge is -2.31. The number of aromatic nitrogens is 4. The molecule has 0 amide bonds. The zero-order valence-electron chi connectivity index (χ0n) is 13.9. The standard InChI is InChI=1S/C17H25N5S/c1-13-12-23-16(18-13)11-21-9-6-14(7-10-21)17-20-19-15-5-3-2-4-8-22(15)17/h12,14H,2-11H2,1H3. The van der Waals surface area contributed by atoms with Gasteiger partial charge in [0, 0.05) is 30.0 Å². The first-order valence-electron chi connectivity index (χ1n) is 8.85. The maximum Gasteiger partial charge on any atom is 0.136 e. The first kappa shape index (κ1) is 15.3. The van der Waals surface area contributed by atoms with E-state index in [9.17, 15) is 0 Å². The van der Waals surface area contributed by atoms with E-state index >= 15 is 0 Å². The summed E-state index contributed by atoms with van der Waals surface area (Å²) in [7, 11) is 0. The summed E-state index contributed by atoms with van der Waals surface area (Å²) in [5.74, 6) is 3.06. The number of nitrogens with zero attached hydrogens (tertiary/aromatic N) is 5. The largest absolute Gasteiger partial charge is 0.315 e. The van der Waals surface area contributed by atoms with E-state index in [4.69, 9.17) is 0 Å². The lowest BCUT2D eigenvalue weighted by molar-refractivity contribution is 0.199. The molecule has 23 heavy (non-hydrogen) atoms. The third kappa shape index (κ3) is 3.33. The van der Waals surface area contributed by atoms with Crippen LogP contribution in [0.5, 0.6) is 0 Å². The van der Waals surface area contributed by atoms with Crippen LogP contribution in [0.2, 0.25) is 0 Å². The highest BCUT2D eigenvalue weighted by molar-refractivity contribution is 7.09. The van der Waals surface area contributed by atoms with Gasteiger partial charge in [0.25, 0.3) is 0 Å². The van der Waals surface area contributed by atoms with Gasteiger partial charge in [-0.3, -0.25) is 4.90 Å². The molecule has 2 aliphatic rings. The second-order valence-electron chi connectivity index (χ2n) is 6.87. The van der Waals surface area contributed by atoms with Gasteiger partial charge in [-0.05, 0) is 45.7 Å². The fourth-order valence-electron chi connectivity index (χ4n) is 3.83. The first-order valence-corrected chi connectivity index (χ1v) is 9.73. The number of piperidine rings is 1. The molecule has 1 fully saturated rings. The molecule has 5 nitrogen and oxygen atoms in total. The summed E-state index contributed by atoms with van der Waals surface area (Å²) in [6.07, 6.45) is 7.37. The minimum absolute atomic E-state index is 0.587. The monoisotopic (exact) mass is 331 g/mol. The minimum Gasteiger partial charge on any atom is -0.315 e. The Morgan fingerprint density at radius 2 is 2.00 bits per heavy atom. The molecule has 4 heterocycles. The van der Waals surface area contributed by atoms with Crippen molar-refractivity contribution in [3.63, 3.8) is 0 Å². The first-order chi connectivity index (χ1) is 11.3. The number of hydrogen-bond donors (Lipinski definition) is 0. The molecule has 0 spiro atoms. The summed E-state index contributed by atoms with van der Waals surface area (Å²) in [6, 6.07) is 0. The molecule has 2 aromatic rings. The Morgan fingerprint density at radius 3 is 2.78 bits per heavy atom. The molecule has 0 saturated carbocycles. The Hall–Kier alpha value is -1.27. The topological polar surface area (TPSA) is 46.8 Å². The second-order valence-corrected chi connectivity index (χ2v) is 7.81. The maximum atomic E-state index is 4.59. The normalized spacial score (nSPS) is 20.4. The van der Waals surface area contributed by atoms with Crippen molar-refractivity contribution in [3.05, 3.63) is 27.7 Å². The highest BCUT2D eigenvalue weighted by Gasteiger charge is 2.26. The summed E-state index contributed by atoms with van der Waals surface area (Å²) >= 11 is 1.78. The van der Waals surface area contributed by atoms with Crippen molar-refractivity contribution in [2.24, 2.45) is 0 Å². The van der Waals surface area contributed by atoms with Crippen LogP contribution in [0.4, 0.5) is 0 Å². The van der Waals surface area contributed by atoms with E-state index < -0.39 is 0 Å². The molecule has 2 aromatic heterocycles. The van der Waals surface area contributed by atoms with Gasteiger partial charge >= 0.3 is 0 Å². The van der Waals surface area contributed by atoms with Gasteiger partial charge in [0.05, 0.1) is 6.54 Å². The molecule has 0 aromatic carbocycles. The number of hydrogen-bond acceptors (Lipinski definition) is 5. The molecule has 1 saturated heterocycles. The smallest absolute Gasteiger partial charge is 0.136 e. The molecule has 6 heteroatoms. The Kier molecular flexibility index (Phi) is 4.44. The van der Waals surface area contributed by atoms with Crippen molar-refractivity contribution in [2.45, 2.75) is 64.5 Å². The lowest BCUT2D eigenvalue weighted by atomic mass is 9.96. The molecule has 0 atom stereocenters. The van der Waals surface area contributed by atoms with E-state index in [1.54, 1.807) is 11.3 Å². The molecule has 4 rings (SSSR count). The molecule has 0 N–H and O–H groups in total.